The summed E-state index contributed by atoms with van der Waals surface area (Å²) in [4.78, 5) is 12.4. The highest BCUT2D eigenvalue weighted by atomic mass is 35.5. The van der Waals surface area contributed by atoms with Gasteiger partial charge in [0.15, 0.2) is 11.5 Å². The van der Waals surface area contributed by atoms with Crippen LogP contribution in [0.3, 0.4) is 0 Å². The van der Waals surface area contributed by atoms with Crippen LogP contribution in [0, 0.1) is 0 Å². The van der Waals surface area contributed by atoms with Crippen molar-refractivity contribution in [1.82, 2.24) is 10.6 Å². The smallest absolute Gasteiger partial charge is 0.255 e. The molecule has 1 amide bonds. The number of benzene rings is 1. The second-order valence-electron chi connectivity index (χ2n) is 5.01. The van der Waals surface area contributed by atoms with E-state index in [-0.39, 0.29) is 30.4 Å². The lowest BCUT2D eigenvalue weighted by Gasteiger charge is -2.30. The molecule has 2 unspecified atom stereocenters. The minimum atomic E-state index is -0.124. The van der Waals surface area contributed by atoms with Gasteiger partial charge in [-0.05, 0) is 38.4 Å². The molecule has 2 N–H and O–H groups in total. The van der Waals surface area contributed by atoms with Crippen LogP contribution < -0.4 is 20.1 Å². The van der Waals surface area contributed by atoms with E-state index in [0.717, 1.165) is 19.4 Å². The first-order valence-electron chi connectivity index (χ1n) is 6.92. The molecule has 1 aromatic rings. The number of methoxy groups -OCH3 is 2. The van der Waals surface area contributed by atoms with Crippen molar-refractivity contribution >= 4 is 18.3 Å². The van der Waals surface area contributed by atoms with Crippen molar-refractivity contribution in [1.29, 1.82) is 0 Å². The van der Waals surface area contributed by atoms with Crippen molar-refractivity contribution < 1.29 is 14.3 Å². The Balaban J connectivity index is 0.00000220. The van der Waals surface area contributed by atoms with E-state index >= 15 is 0 Å². The van der Waals surface area contributed by atoms with Gasteiger partial charge in [-0.3, -0.25) is 4.79 Å². The minimum Gasteiger partial charge on any atom is -0.493 e. The van der Waals surface area contributed by atoms with Gasteiger partial charge in [0.1, 0.15) is 0 Å². The molecular weight excluding hydrogens is 292 g/mol. The van der Waals surface area contributed by atoms with Crippen molar-refractivity contribution in [3.8, 4) is 11.5 Å². The van der Waals surface area contributed by atoms with E-state index in [1.807, 2.05) is 0 Å². The number of nitrogens with one attached hydrogen (secondary N) is 2. The van der Waals surface area contributed by atoms with E-state index in [4.69, 9.17) is 9.47 Å². The van der Waals surface area contributed by atoms with Gasteiger partial charge >= 0.3 is 0 Å². The van der Waals surface area contributed by atoms with Crippen LogP contribution in [0.2, 0.25) is 0 Å². The molecule has 2 rings (SSSR count). The Morgan fingerprint density at radius 1 is 1.33 bits per heavy atom. The maximum Gasteiger partial charge on any atom is 0.255 e. The molecule has 0 bridgehead atoms. The second-order valence-corrected chi connectivity index (χ2v) is 5.01. The molecular formula is C15H23ClN2O3. The number of hydrogen-bond acceptors (Lipinski definition) is 4. The van der Waals surface area contributed by atoms with Gasteiger partial charge in [0, 0.05) is 12.1 Å². The fourth-order valence-electron chi connectivity index (χ4n) is 2.55. The molecule has 5 nitrogen and oxygen atoms in total. The van der Waals surface area contributed by atoms with Crippen molar-refractivity contribution in [2.24, 2.45) is 0 Å². The van der Waals surface area contributed by atoms with E-state index < -0.39 is 0 Å². The minimum absolute atomic E-state index is 0. The topological polar surface area (TPSA) is 59.6 Å². The standard InChI is InChI=1S/C15H22N2O3.ClH/c1-10-12(7-5-9-16-10)17-15(18)11-6-4-8-13(19-2)14(11)20-3;/h4,6,8,10,12,16H,5,7,9H2,1-3H3,(H,17,18);1H. The van der Waals surface area contributed by atoms with Crippen LogP contribution in [0.5, 0.6) is 11.5 Å². The quantitative estimate of drug-likeness (QED) is 0.892. The Morgan fingerprint density at radius 3 is 2.71 bits per heavy atom. The summed E-state index contributed by atoms with van der Waals surface area (Å²) in [6, 6.07) is 5.74. The number of para-hydroxylation sites is 1. The summed E-state index contributed by atoms with van der Waals surface area (Å²) >= 11 is 0. The summed E-state index contributed by atoms with van der Waals surface area (Å²) in [6.07, 6.45) is 2.07. The molecule has 1 aliphatic heterocycles. The zero-order valence-corrected chi connectivity index (χ0v) is 13.5. The van der Waals surface area contributed by atoms with Crippen molar-refractivity contribution in [3.05, 3.63) is 23.8 Å². The third kappa shape index (κ3) is 4.02. The van der Waals surface area contributed by atoms with E-state index in [0.29, 0.717) is 17.1 Å². The van der Waals surface area contributed by atoms with Gasteiger partial charge < -0.3 is 20.1 Å². The van der Waals surface area contributed by atoms with E-state index in [2.05, 4.69) is 17.6 Å². The van der Waals surface area contributed by atoms with Crippen LogP contribution in [-0.4, -0.2) is 38.8 Å². The molecule has 0 radical (unpaired) electrons. The highest BCUT2D eigenvalue weighted by Crippen LogP contribution is 2.30. The zero-order chi connectivity index (χ0) is 14.5. The van der Waals surface area contributed by atoms with Crippen LogP contribution in [0.4, 0.5) is 0 Å². The van der Waals surface area contributed by atoms with Gasteiger partial charge in [-0.15, -0.1) is 12.4 Å². The predicted octanol–water partition coefficient (Wildman–Crippen LogP) is 2.00. The monoisotopic (exact) mass is 314 g/mol. The zero-order valence-electron chi connectivity index (χ0n) is 12.6. The number of rotatable bonds is 4. The van der Waals surface area contributed by atoms with E-state index in [1.165, 1.54) is 0 Å². The fourth-order valence-corrected chi connectivity index (χ4v) is 2.55. The second kappa shape index (κ2) is 8.10. The number of amides is 1. The number of carbonyl (C=O) groups is 1. The highest BCUT2D eigenvalue weighted by Gasteiger charge is 2.24. The number of carbonyl (C=O) groups excluding carboxylic acids is 1. The van der Waals surface area contributed by atoms with Crippen LogP contribution >= 0.6 is 12.4 Å². The molecule has 1 fully saturated rings. The third-order valence-electron chi connectivity index (χ3n) is 3.73. The molecule has 118 valence electrons. The average molecular weight is 315 g/mol. The number of piperidine rings is 1. The van der Waals surface area contributed by atoms with Gasteiger partial charge in [-0.25, -0.2) is 0 Å². The molecule has 1 heterocycles. The SMILES string of the molecule is COc1cccc(C(=O)NC2CCCNC2C)c1OC.Cl. The number of hydrogen-bond donors (Lipinski definition) is 2. The molecule has 0 spiro atoms. The Kier molecular flexibility index (Phi) is 6.78. The van der Waals surface area contributed by atoms with Crippen molar-refractivity contribution in [2.45, 2.75) is 31.8 Å². The van der Waals surface area contributed by atoms with Crippen LogP contribution in [0.15, 0.2) is 18.2 Å². The van der Waals surface area contributed by atoms with Gasteiger partial charge in [0.05, 0.1) is 19.8 Å². The van der Waals surface area contributed by atoms with Crippen molar-refractivity contribution in [3.63, 3.8) is 0 Å². The summed E-state index contributed by atoms with van der Waals surface area (Å²) in [6.45, 7) is 3.10. The van der Waals surface area contributed by atoms with Gasteiger partial charge in [0.25, 0.3) is 5.91 Å². The average Bonchev–Trinajstić information content (AvgIpc) is 2.48. The van der Waals surface area contributed by atoms with Gasteiger partial charge in [-0.2, -0.15) is 0 Å². The lowest BCUT2D eigenvalue weighted by Crippen LogP contribution is -2.51. The summed E-state index contributed by atoms with van der Waals surface area (Å²) in [7, 11) is 3.10. The molecule has 21 heavy (non-hydrogen) atoms. The van der Waals surface area contributed by atoms with Crippen LogP contribution in [0.25, 0.3) is 0 Å². The maximum atomic E-state index is 12.4. The Morgan fingerprint density at radius 2 is 2.10 bits per heavy atom. The van der Waals surface area contributed by atoms with E-state index in [1.54, 1.807) is 32.4 Å². The molecule has 6 heteroatoms. The Labute approximate surface area is 131 Å². The summed E-state index contributed by atoms with van der Waals surface area (Å²) in [5, 5.41) is 6.44. The van der Waals surface area contributed by atoms with Gasteiger partial charge in [-0.1, -0.05) is 6.07 Å². The third-order valence-corrected chi connectivity index (χ3v) is 3.73. The van der Waals surface area contributed by atoms with Crippen LogP contribution in [0.1, 0.15) is 30.1 Å². The molecule has 1 aromatic carbocycles. The molecule has 0 saturated carbocycles. The molecule has 0 aromatic heterocycles. The largest absolute Gasteiger partial charge is 0.493 e. The molecule has 1 saturated heterocycles. The van der Waals surface area contributed by atoms with E-state index in [9.17, 15) is 4.79 Å². The Bertz CT molecular complexity index is 482. The molecule has 0 aliphatic carbocycles. The van der Waals surface area contributed by atoms with Crippen LogP contribution in [-0.2, 0) is 0 Å². The maximum absolute atomic E-state index is 12.4. The number of halogens is 1. The predicted molar refractivity (Wildman–Crippen MR) is 84.7 cm³/mol. The summed E-state index contributed by atoms with van der Waals surface area (Å²) < 4.78 is 10.5. The highest BCUT2D eigenvalue weighted by molar-refractivity contribution is 5.98. The first-order chi connectivity index (χ1) is 9.67. The first-order valence-corrected chi connectivity index (χ1v) is 6.92. The Hall–Kier alpha value is -1.46. The number of ether oxygens (including phenoxy) is 2. The first kappa shape index (κ1) is 17.6. The normalized spacial score (nSPS) is 21.1. The summed E-state index contributed by atoms with van der Waals surface area (Å²) in [5.74, 6) is 0.917. The van der Waals surface area contributed by atoms with Gasteiger partial charge in [0.2, 0.25) is 0 Å². The fraction of sp³-hybridized carbons (Fsp3) is 0.533. The lowest BCUT2D eigenvalue weighted by atomic mass is 9.99. The molecule has 1 aliphatic rings. The summed E-state index contributed by atoms with van der Waals surface area (Å²) in [5.41, 5.74) is 0.504. The van der Waals surface area contributed by atoms with Crippen molar-refractivity contribution in [2.75, 3.05) is 20.8 Å². The lowest BCUT2D eigenvalue weighted by molar-refractivity contribution is 0.0916. The molecule has 2 atom stereocenters.